The van der Waals surface area contributed by atoms with Crippen molar-refractivity contribution >= 4 is 16.1 Å². The zero-order valence-corrected chi connectivity index (χ0v) is 10.0. The van der Waals surface area contributed by atoms with Crippen LogP contribution < -0.4 is 14.8 Å². The quantitative estimate of drug-likeness (QED) is 0.858. The number of carbonyl (C=O) groups is 1. The van der Waals surface area contributed by atoms with Gasteiger partial charge >= 0.3 is 12.6 Å². The minimum absolute atomic E-state index is 0.538. The summed E-state index contributed by atoms with van der Waals surface area (Å²) in [5.74, 6) is -0.538. The molecule has 1 aromatic rings. The van der Waals surface area contributed by atoms with Crippen LogP contribution in [-0.4, -0.2) is 28.1 Å². The Bertz CT molecular complexity index is 533. The van der Waals surface area contributed by atoms with Gasteiger partial charge in [0.05, 0.1) is 0 Å². The molecule has 0 aliphatic heterocycles. The summed E-state index contributed by atoms with van der Waals surface area (Å²) in [6.07, 6.45) is 0. The summed E-state index contributed by atoms with van der Waals surface area (Å²) in [5.41, 5.74) is 0. The fraction of sp³-hybridized carbons (Fsp3) is 0.222. The fourth-order valence-corrected chi connectivity index (χ4v) is 2.19. The molecule has 0 atom stereocenters. The number of hydrogen-bond acceptors (Lipinski definition) is 4. The number of rotatable bonds is 4. The van der Waals surface area contributed by atoms with Gasteiger partial charge in [0.25, 0.3) is 10.0 Å². The maximum atomic E-state index is 12.1. The van der Waals surface area contributed by atoms with Gasteiger partial charge in [0.2, 0.25) is 0 Å². The van der Waals surface area contributed by atoms with Crippen LogP contribution in [0.15, 0.2) is 29.2 Å². The number of halogens is 2. The third kappa shape index (κ3) is 3.55. The molecule has 9 heteroatoms. The average molecular weight is 280 g/mol. The number of sulfonamides is 1. The lowest BCUT2D eigenvalue weighted by molar-refractivity contribution is -0.0517. The number of benzene rings is 1. The number of carbonyl (C=O) groups excluding carboxylic acids is 1. The SMILES string of the molecule is CNC(=O)NS(=O)(=O)c1ccccc1OC(F)F. The van der Waals surface area contributed by atoms with E-state index in [1.165, 1.54) is 19.2 Å². The van der Waals surface area contributed by atoms with E-state index in [1.54, 1.807) is 4.72 Å². The van der Waals surface area contributed by atoms with Crippen molar-refractivity contribution < 1.29 is 26.7 Å². The predicted octanol–water partition coefficient (Wildman–Crippen LogP) is 0.906. The topological polar surface area (TPSA) is 84.5 Å². The minimum atomic E-state index is -4.27. The molecule has 18 heavy (non-hydrogen) atoms. The molecule has 1 aromatic carbocycles. The van der Waals surface area contributed by atoms with Crippen LogP contribution in [0, 0.1) is 0 Å². The van der Waals surface area contributed by atoms with E-state index >= 15 is 0 Å². The van der Waals surface area contributed by atoms with Crippen molar-refractivity contribution in [1.29, 1.82) is 0 Å². The molecule has 0 unspecified atom stereocenters. The molecular formula is C9H10F2N2O4S. The van der Waals surface area contributed by atoms with E-state index in [0.29, 0.717) is 0 Å². The molecule has 0 radical (unpaired) electrons. The molecule has 0 aliphatic carbocycles. The molecule has 1 rings (SSSR count). The van der Waals surface area contributed by atoms with E-state index in [2.05, 4.69) is 4.74 Å². The summed E-state index contributed by atoms with van der Waals surface area (Å²) in [5, 5.41) is 2.03. The van der Waals surface area contributed by atoms with Crippen molar-refractivity contribution in [1.82, 2.24) is 10.0 Å². The van der Waals surface area contributed by atoms with Crippen molar-refractivity contribution in [2.45, 2.75) is 11.5 Å². The third-order valence-electron chi connectivity index (χ3n) is 1.81. The normalized spacial score (nSPS) is 11.1. The largest absolute Gasteiger partial charge is 0.433 e. The van der Waals surface area contributed by atoms with Crippen LogP contribution in [0.5, 0.6) is 5.75 Å². The lowest BCUT2D eigenvalue weighted by atomic mass is 10.3. The van der Waals surface area contributed by atoms with E-state index in [9.17, 15) is 22.0 Å². The molecule has 2 N–H and O–H groups in total. The zero-order chi connectivity index (χ0) is 13.8. The summed E-state index contributed by atoms with van der Waals surface area (Å²) in [7, 11) is -3.05. The maximum absolute atomic E-state index is 12.1. The van der Waals surface area contributed by atoms with Gasteiger partial charge < -0.3 is 10.1 Å². The summed E-state index contributed by atoms with van der Waals surface area (Å²) in [6, 6.07) is 3.77. The molecule has 2 amide bonds. The lowest BCUT2D eigenvalue weighted by Crippen LogP contribution is -2.37. The third-order valence-corrected chi connectivity index (χ3v) is 3.18. The Morgan fingerprint density at radius 2 is 1.94 bits per heavy atom. The van der Waals surface area contributed by atoms with Gasteiger partial charge in [0.15, 0.2) is 0 Å². The van der Waals surface area contributed by atoms with Gasteiger partial charge in [0.1, 0.15) is 10.6 Å². The molecule has 0 saturated carbocycles. The van der Waals surface area contributed by atoms with Crippen molar-refractivity contribution in [2.24, 2.45) is 0 Å². The van der Waals surface area contributed by atoms with Crippen molar-refractivity contribution in [2.75, 3.05) is 7.05 Å². The highest BCUT2D eigenvalue weighted by atomic mass is 32.2. The molecular weight excluding hydrogens is 270 g/mol. The summed E-state index contributed by atoms with van der Waals surface area (Å²) in [4.78, 5) is 10.4. The van der Waals surface area contributed by atoms with Gasteiger partial charge in [0, 0.05) is 7.05 Å². The van der Waals surface area contributed by atoms with Crippen molar-refractivity contribution in [3.8, 4) is 5.75 Å². The number of nitrogens with one attached hydrogen (secondary N) is 2. The van der Waals surface area contributed by atoms with Crippen LogP contribution in [0.1, 0.15) is 0 Å². The van der Waals surface area contributed by atoms with Gasteiger partial charge in [-0.25, -0.2) is 17.9 Å². The summed E-state index contributed by atoms with van der Waals surface area (Å²) < 4.78 is 53.3. The molecule has 0 spiro atoms. The first kappa shape index (κ1) is 14.2. The first-order chi connectivity index (χ1) is 8.36. The Hall–Kier alpha value is -1.90. The number of para-hydroxylation sites is 1. The number of alkyl halides is 2. The van der Waals surface area contributed by atoms with Crippen LogP contribution >= 0.6 is 0 Å². The van der Waals surface area contributed by atoms with E-state index in [0.717, 1.165) is 12.1 Å². The second-order valence-electron chi connectivity index (χ2n) is 3.01. The first-order valence-corrected chi connectivity index (χ1v) is 6.13. The number of amides is 2. The Morgan fingerprint density at radius 1 is 1.33 bits per heavy atom. The second-order valence-corrected chi connectivity index (χ2v) is 4.66. The molecule has 6 nitrogen and oxygen atoms in total. The van der Waals surface area contributed by atoms with Crippen molar-refractivity contribution in [3.05, 3.63) is 24.3 Å². The number of hydrogen-bond donors (Lipinski definition) is 2. The fourth-order valence-electron chi connectivity index (χ4n) is 1.09. The molecule has 0 bridgehead atoms. The Labute approximate surface area is 102 Å². The zero-order valence-electron chi connectivity index (χ0n) is 9.18. The molecule has 100 valence electrons. The second kappa shape index (κ2) is 5.63. The Kier molecular flexibility index (Phi) is 4.43. The first-order valence-electron chi connectivity index (χ1n) is 4.65. The minimum Gasteiger partial charge on any atom is -0.433 e. The van der Waals surface area contributed by atoms with Crippen LogP contribution in [0.4, 0.5) is 13.6 Å². The number of urea groups is 1. The highest BCUT2D eigenvalue weighted by Crippen LogP contribution is 2.24. The monoisotopic (exact) mass is 280 g/mol. The van der Waals surface area contributed by atoms with Crippen molar-refractivity contribution in [3.63, 3.8) is 0 Å². The van der Waals surface area contributed by atoms with E-state index in [1.807, 2.05) is 5.32 Å². The molecule has 0 heterocycles. The predicted molar refractivity (Wildman–Crippen MR) is 57.9 cm³/mol. The molecule has 0 saturated heterocycles. The lowest BCUT2D eigenvalue weighted by Gasteiger charge is -2.11. The number of ether oxygens (including phenoxy) is 1. The van der Waals surface area contributed by atoms with Crippen LogP contribution in [0.3, 0.4) is 0 Å². The van der Waals surface area contributed by atoms with Gasteiger partial charge in [-0.2, -0.15) is 8.78 Å². The van der Waals surface area contributed by atoms with E-state index in [4.69, 9.17) is 0 Å². The smallest absolute Gasteiger partial charge is 0.387 e. The summed E-state index contributed by atoms with van der Waals surface area (Å²) >= 11 is 0. The van der Waals surface area contributed by atoms with Crippen LogP contribution in [0.25, 0.3) is 0 Å². The van der Waals surface area contributed by atoms with E-state index < -0.39 is 33.3 Å². The van der Waals surface area contributed by atoms with Gasteiger partial charge in [-0.15, -0.1) is 0 Å². The van der Waals surface area contributed by atoms with Gasteiger partial charge in [-0.1, -0.05) is 12.1 Å². The molecule has 0 fully saturated rings. The maximum Gasteiger partial charge on any atom is 0.387 e. The standard InChI is InChI=1S/C9H10F2N2O4S/c1-12-9(14)13-18(15,16)7-5-3-2-4-6(7)17-8(10)11/h2-5,8H,1H3,(H2,12,13,14). The van der Waals surface area contributed by atoms with Crippen LogP contribution in [-0.2, 0) is 10.0 Å². The Morgan fingerprint density at radius 3 is 2.50 bits per heavy atom. The van der Waals surface area contributed by atoms with Gasteiger partial charge in [-0.05, 0) is 12.1 Å². The highest BCUT2D eigenvalue weighted by molar-refractivity contribution is 7.90. The average Bonchev–Trinajstić information content (AvgIpc) is 2.28. The molecule has 0 aromatic heterocycles. The summed E-state index contributed by atoms with van der Waals surface area (Å²) in [6.45, 7) is -3.17. The molecule has 0 aliphatic rings. The van der Waals surface area contributed by atoms with Crippen LogP contribution in [0.2, 0.25) is 0 Å². The van der Waals surface area contributed by atoms with Gasteiger partial charge in [-0.3, -0.25) is 0 Å². The highest BCUT2D eigenvalue weighted by Gasteiger charge is 2.22. The van der Waals surface area contributed by atoms with E-state index in [-0.39, 0.29) is 0 Å². The Balaban J connectivity index is 3.12.